The maximum Gasteiger partial charge on any atom is 0.168 e. The van der Waals surface area contributed by atoms with Gasteiger partial charge in [-0.2, -0.15) is 0 Å². The van der Waals surface area contributed by atoms with Crippen LogP contribution in [0.5, 0.6) is 11.5 Å². The van der Waals surface area contributed by atoms with E-state index in [1.807, 2.05) is 26.1 Å². The third-order valence-corrected chi connectivity index (χ3v) is 7.14. The molecule has 42 heavy (non-hydrogen) atoms. The van der Waals surface area contributed by atoms with Gasteiger partial charge in [-0.3, -0.25) is 0 Å². The van der Waals surface area contributed by atoms with E-state index in [1.165, 1.54) is 13.2 Å². The van der Waals surface area contributed by atoms with Crippen molar-refractivity contribution in [3.05, 3.63) is 71.8 Å². The molecule has 10 heteroatoms. The smallest absolute Gasteiger partial charge is 0.168 e. The summed E-state index contributed by atoms with van der Waals surface area (Å²) in [4.78, 5) is 15.9. The number of ether oxygens (including phenoxy) is 2. The number of nitrogens with two attached hydrogens (primary N) is 1. The largest absolute Gasteiger partial charge is 0.496 e. The number of nitrogens with zero attached hydrogens (tertiary/aromatic N) is 4. The third kappa shape index (κ3) is 6.74. The molecule has 0 unspecified atom stereocenters. The molecule has 1 saturated heterocycles. The number of hydrogen-bond acceptors (Lipinski definition) is 8. The molecule has 8 nitrogen and oxygen atoms in total. The van der Waals surface area contributed by atoms with Gasteiger partial charge in [0.2, 0.25) is 0 Å². The molecule has 2 aromatic carbocycles. The van der Waals surface area contributed by atoms with Gasteiger partial charge in [-0.25, -0.2) is 19.3 Å². The van der Waals surface area contributed by atoms with E-state index in [4.69, 9.17) is 20.2 Å². The van der Waals surface area contributed by atoms with Crippen LogP contribution in [0, 0.1) is 19.7 Å². The molecule has 222 valence electrons. The van der Waals surface area contributed by atoms with E-state index in [0.29, 0.717) is 17.4 Å². The lowest BCUT2D eigenvalue weighted by Gasteiger charge is -2.34. The Bertz CT molecular complexity index is 1530. The summed E-state index contributed by atoms with van der Waals surface area (Å²) in [5.41, 5.74) is 11.9. The highest BCUT2D eigenvalue weighted by Crippen LogP contribution is 2.38. The summed E-state index contributed by atoms with van der Waals surface area (Å²) < 4.78 is 26.1. The first-order chi connectivity index (χ1) is 19.7. The highest BCUT2D eigenvalue weighted by atomic mass is 35.5. The van der Waals surface area contributed by atoms with Crippen molar-refractivity contribution in [3.8, 4) is 34.0 Å². The van der Waals surface area contributed by atoms with Crippen LogP contribution < -0.4 is 25.4 Å². The predicted octanol–water partition coefficient (Wildman–Crippen LogP) is 6.85. The zero-order chi connectivity index (χ0) is 29.1. The zero-order valence-electron chi connectivity index (χ0n) is 24.6. The Kier molecular flexibility index (Phi) is 9.85. The lowest BCUT2D eigenvalue weighted by molar-refractivity contribution is 0.239. The topological polar surface area (TPSA) is 98.4 Å². The maximum absolute atomic E-state index is 14.7. The monoisotopic (exact) mass is 592 g/mol. The molecular weight excluding hydrogens is 555 g/mol. The highest BCUT2D eigenvalue weighted by molar-refractivity contribution is 5.85. The highest BCUT2D eigenvalue weighted by Gasteiger charge is 2.22. The SMILES string of the molecule is COc1cccc(F)c1-c1nccc(Nc2cc(N3CCC[C@H](N)C3)c(-c3cc(C)c(OC(C)C)c(C)c3)cn2)n1.Cl. The molecule has 1 fully saturated rings. The Morgan fingerprint density at radius 3 is 2.52 bits per heavy atom. The van der Waals surface area contributed by atoms with Gasteiger partial charge in [0.15, 0.2) is 5.82 Å². The van der Waals surface area contributed by atoms with Crippen molar-refractivity contribution in [2.45, 2.75) is 52.7 Å². The normalized spacial score (nSPS) is 14.9. The summed E-state index contributed by atoms with van der Waals surface area (Å²) in [6.07, 6.45) is 5.59. The summed E-state index contributed by atoms with van der Waals surface area (Å²) in [5, 5.41) is 3.29. The van der Waals surface area contributed by atoms with E-state index in [-0.39, 0.29) is 35.9 Å². The number of benzene rings is 2. The molecule has 0 saturated carbocycles. The third-order valence-electron chi connectivity index (χ3n) is 7.14. The van der Waals surface area contributed by atoms with Gasteiger partial charge in [-0.05, 0) is 87.6 Å². The molecule has 0 radical (unpaired) electrons. The standard InChI is InChI=1S/C32H37FN6O2.ClH/c1-19(2)41-31-20(3)14-22(15-21(31)4)24-17-36-29(16-26(24)39-13-7-8-23(34)18-39)37-28-11-12-35-32(38-28)30-25(33)9-6-10-27(30)40-5;/h6,9-12,14-17,19,23H,7-8,13,18,34H2,1-5H3,(H,35,36,37,38);1H/t23-;/m0./s1. The molecule has 0 spiro atoms. The van der Waals surface area contributed by atoms with Crippen LogP contribution >= 0.6 is 12.4 Å². The van der Waals surface area contributed by atoms with Crippen LogP contribution in [0.3, 0.4) is 0 Å². The molecule has 1 aliphatic heterocycles. The molecule has 3 N–H and O–H groups in total. The van der Waals surface area contributed by atoms with E-state index in [9.17, 15) is 4.39 Å². The number of halogens is 2. The quantitative estimate of drug-likeness (QED) is 0.229. The Labute approximate surface area is 252 Å². The lowest BCUT2D eigenvalue weighted by Crippen LogP contribution is -2.43. The van der Waals surface area contributed by atoms with Crippen LogP contribution in [0.25, 0.3) is 22.5 Å². The molecule has 5 rings (SSSR count). The van der Waals surface area contributed by atoms with Crippen molar-refractivity contribution < 1.29 is 13.9 Å². The molecule has 0 aliphatic carbocycles. The van der Waals surface area contributed by atoms with Crippen molar-refractivity contribution in [2.75, 3.05) is 30.4 Å². The van der Waals surface area contributed by atoms with Crippen molar-refractivity contribution in [1.82, 2.24) is 15.0 Å². The van der Waals surface area contributed by atoms with Gasteiger partial charge in [0.1, 0.15) is 29.0 Å². The van der Waals surface area contributed by atoms with E-state index in [2.05, 4.69) is 46.2 Å². The van der Waals surface area contributed by atoms with E-state index < -0.39 is 5.82 Å². The van der Waals surface area contributed by atoms with Gasteiger partial charge in [0.05, 0.1) is 18.8 Å². The molecule has 4 aromatic rings. The molecule has 2 aromatic heterocycles. The number of pyridine rings is 1. The Morgan fingerprint density at radius 2 is 1.83 bits per heavy atom. The molecule has 1 aliphatic rings. The summed E-state index contributed by atoms with van der Waals surface area (Å²) in [6, 6.07) is 12.8. The van der Waals surface area contributed by atoms with Crippen LogP contribution in [0.2, 0.25) is 0 Å². The van der Waals surface area contributed by atoms with Crippen LogP contribution in [0.15, 0.2) is 54.9 Å². The summed E-state index contributed by atoms with van der Waals surface area (Å²) >= 11 is 0. The Hall–Kier alpha value is -3.95. The first-order valence-corrected chi connectivity index (χ1v) is 13.9. The van der Waals surface area contributed by atoms with Crippen LogP contribution in [0.4, 0.5) is 21.7 Å². The van der Waals surface area contributed by atoms with Gasteiger partial charge in [-0.15, -0.1) is 12.4 Å². The predicted molar refractivity (Wildman–Crippen MR) is 169 cm³/mol. The van der Waals surface area contributed by atoms with Crippen molar-refractivity contribution in [2.24, 2.45) is 5.73 Å². The van der Waals surface area contributed by atoms with E-state index in [1.54, 1.807) is 24.4 Å². The Morgan fingerprint density at radius 1 is 1.07 bits per heavy atom. The Balaban J connectivity index is 0.00000405. The molecular formula is C32H38ClFN6O2. The minimum absolute atomic E-state index is 0. The van der Waals surface area contributed by atoms with Gasteiger partial charge in [-0.1, -0.05) is 6.07 Å². The molecule has 0 bridgehead atoms. The van der Waals surface area contributed by atoms with E-state index >= 15 is 0 Å². The fourth-order valence-corrected chi connectivity index (χ4v) is 5.32. The lowest BCUT2D eigenvalue weighted by atomic mass is 9.97. The average molecular weight is 593 g/mol. The number of nitrogens with one attached hydrogen (secondary N) is 1. The number of aryl methyl sites for hydroxylation is 2. The first-order valence-electron chi connectivity index (χ1n) is 13.9. The number of rotatable bonds is 8. The van der Waals surface area contributed by atoms with Gasteiger partial charge in [0, 0.05) is 48.8 Å². The number of hydrogen-bond donors (Lipinski definition) is 2. The van der Waals surface area contributed by atoms with Gasteiger partial charge < -0.3 is 25.4 Å². The average Bonchev–Trinajstić information content (AvgIpc) is 2.94. The van der Waals surface area contributed by atoms with Gasteiger partial charge in [0.25, 0.3) is 0 Å². The maximum atomic E-state index is 14.7. The fourth-order valence-electron chi connectivity index (χ4n) is 5.32. The van der Waals surface area contributed by atoms with Crippen molar-refractivity contribution >= 4 is 29.7 Å². The fraction of sp³-hybridized carbons (Fsp3) is 0.344. The zero-order valence-corrected chi connectivity index (χ0v) is 25.5. The minimum Gasteiger partial charge on any atom is -0.496 e. The second-order valence-corrected chi connectivity index (χ2v) is 10.7. The summed E-state index contributed by atoms with van der Waals surface area (Å²) in [6.45, 7) is 9.88. The number of methoxy groups -OCH3 is 1. The van der Waals surface area contributed by atoms with Gasteiger partial charge >= 0.3 is 0 Å². The van der Waals surface area contributed by atoms with Crippen molar-refractivity contribution in [1.29, 1.82) is 0 Å². The van der Waals surface area contributed by atoms with E-state index in [0.717, 1.165) is 59.6 Å². The van der Waals surface area contributed by atoms with Crippen LogP contribution in [-0.4, -0.2) is 47.3 Å². The summed E-state index contributed by atoms with van der Waals surface area (Å²) in [7, 11) is 1.49. The van der Waals surface area contributed by atoms with Crippen LogP contribution in [-0.2, 0) is 0 Å². The second-order valence-electron chi connectivity index (χ2n) is 10.7. The molecule has 0 amide bonds. The number of aromatic nitrogens is 3. The molecule has 1 atom stereocenters. The number of anilines is 3. The van der Waals surface area contributed by atoms with Crippen LogP contribution in [0.1, 0.15) is 37.8 Å². The summed E-state index contributed by atoms with van der Waals surface area (Å²) in [5.74, 6) is 2.15. The molecule has 3 heterocycles. The first kappa shape index (κ1) is 31.0. The number of piperidine rings is 1. The van der Waals surface area contributed by atoms with Crippen molar-refractivity contribution in [3.63, 3.8) is 0 Å². The minimum atomic E-state index is -0.455. The second kappa shape index (κ2) is 13.4.